The number of esters is 1. The van der Waals surface area contributed by atoms with E-state index in [4.69, 9.17) is 9.47 Å². The Morgan fingerprint density at radius 3 is 2.71 bits per heavy atom. The van der Waals surface area contributed by atoms with Crippen LogP contribution in [-0.2, 0) is 14.3 Å². The maximum absolute atomic E-state index is 11.7. The van der Waals surface area contributed by atoms with Crippen molar-refractivity contribution in [3.63, 3.8) is 0 Å². The summed E-state index contributed by atoms with van der Waals surface area (Å²) in [6.45, 7) is 5.22. The number of nitrogens with one attached hydrogen (secondary N) is 1. The first kappa shape index (κ1) is 15.4. The monoisotopic (exact) mass is 291 g/mol. The first-order valence-electron chi connectivity index (χ1n) is 7.15. The summed E-state index contributed by atoms with van der Waals surface area (Å²) < 4.78 is 10.5. The molecule has 5 heteroatoms. The number of carbonyl (C=O) groups is 2. The highest BCUT2D eigenvalue weighted by Gasteiger charge is 2.27. The maximum atomic E-state index is 11.7. The highest BCUT2D eigenvalue weighted by atomic mass is 16.6. The van der Waals surface area contributed by atoms with E-state index < -0.39 is 12.1 Å². The molecule has 0 aliphatic heterocycles. The lowest BCUT2D eigenvalue weighted by Gasteiger charge is -2.14. The third kappa shape index (κ3) is 4.77. The van der Waals surface area contributed by atoms with Gasteiger partial charge < -0.3 is 14.8 Å². The molecule has 0 bridgehead atoms. The van der Waals surface area contributed by atoms with Gasteiger partial charge in [0.2, 0.25) is 0 Å². The van der Waals surface area contributed by atoms with Crippen LogP contribution in [0.1, 0.15) is 30.9 Å². The van der Waals surface area contributed by atoms with E-state index in [0.717, 1.165) is 24.0 Å². The van der Waals surface area contributed by atoms with Crippen LogP contribution in [0.3, 0.4) is 0 Å². The van der Waals surface area contributed by atoms with Gasteiger partial charge in [-0.05, 0) is 50.8 Å². The molecule has 0 unspecified atom stereocenters. The van der Waals surface area contributed by atoms with Gasteiger partial charge in [-0.2, -0.15) is 0 Å². The molecule has 0 radical (unpaired) electrons. The summed E-state index contributed by atoms with van der Waals surface area (Å²) in [5, 5.41) is 2.79. The fourth-order valence-electron chi connectivity index (χ4n) is 1.83. The van der Waals surface area contributed by atoms with Crippen molar-refractivity contribution >= 4 is 11.9 Å². The fourth-order valence-corrected chi connectivity index (χ4v) is 1.83. The molecule has 1 aromatic carbocycles. The summed E-state index contributed by atoms with van der Waals surface area (Å²) in [6, 6.07) is 6.03. The van der Waals surface area contributed by atoms with Gasteiger partial charge in [0.25, 0.3) is 5.91 Å². The number of benzene rings is 1. The molecule has 0 saturated heterocycles. The molecule has 1 fully saturated rings. The van der Waals surface area contributed by atoms with Gasteiger partial charge in [-0.3, -0.25) is 4.79 Å². The number of hydrogen-bond acceptors (Lipinski definition) is 4. The Labute approximate surface area is 124 Å². The number of ether oxygens (including phenoxy) is 2. The van der Waals surface area contributed by atoms with Gasteiger partial charge in [0.15, 0.2) is 12.7 Å². The fraction of sp³-hybridized carbons (Fsp3) is 0.500. The van der Waals surface area contributed by atoms with Crippen molar-refractivity contribution in [2.45, 2.75) is 45.8 Å². The Morgan fingerprint density at radius 2 is 2.05 bits per heavy atom. The summed E-state index contributed by atoms with van der Waals surface area (Å²) in [5.74, 6) is -0.144. The normalized spacial score (nSPS) is 15.2. The topological polar surface area (TPSA) is 64.6 Å². The quantitative estimate of drug-likeness (QED) is 0.813. The third-order valence-corrected chi connectivity index (χ3v) is 3.29. The van der Waals surface area contributed by atoms with Gasteiger partial charge in [-0.15, -0.1) is 0 Å². The zero-order valence-electron chi connectivity index (χ0n) is 12.6. The molecule has 1 N–H and O–H groups in total. The largest absolute Gasteiger partial charge is 0.482 e. The van der Waals surface area contributed by atoms with Crippen LogP contribution >= 0.6 is 0 Å². The third-order valence-electron chi connectivity index (χ3n) is 3.29. The van der Waals surface area contributed by atoms with Gasteiger partial charge in [0.05, 0.1) is 0 Å². The first-order chi connectivity index (χ1) is 9.95. The highest BCUT2D eigenvalue weighted by molar-refractivity contribution is 5.84. The van der Waals surface area contributed by atoms with Crippen LogP contribution in [-0.4, -0.2) is 30.6 Å². The van der Waals surface area contributed by atoms with Crippen molar-refractivity contribution in [2.24, 2.45) is 0 Å². The van der Waals surface area contributed by atoms with Gasteiger partial charge >= 0.3 is 5.97 Å². The molecule has 1 amide bonds. The second-order valence-electron chi connectivity index (χ2n) is 5.47. The van der Waals surface area contributed by atoms with Gasteiger partial charge in [0, 0.05) is 6.04 Å². The van der Waals surface area contributed by atoms with E-state index in [9.17, 15) is 9.59 Å². The average molecular weight is 291 g/mol. The molecular weight excluding hydrogens is 270 g/mol. The van der Waals surface area contributed by atoms with Crippen LogP contribution in [0, 0.1) is 13.8 Å². The molecular formula is C16H21NO4. The molecule has 5 nitrogen and oxygen atoms in total. The van der Waals surface area contributed by atoms with Crippen LogP contribution in [0.25, 0.3) is 0 Å². The van der Waals surface area contributed by atoms with Crippen molar-refractivity contribution in [3.05, 3.63) is 29.3 Å². The van der Waals surface area contributed by atoms with Crippen LogP contribution in [0.4, 0.5) is 0 Å². The molecule has 1 saturated carbocycles. The first-order valence-corrected chi connectivity index (χ1v) is 7.15. The highest BCUT2D eigenvalue weighted by Crippen LogP contribution is 2.20. The average Bonchev–Trinajstić information content (AvgIpc) is 3.23. The van der Waals surface area contributed by atoms with E-state index >= 15 is 0 Å². The van der Waals surface area contributed by atoms with Crippen molar-refractivity contribution in [1.82, 2.24) is 5.32 Å². The summed E-state index contributed by atoms with van der Waals surface area (Å²) in [7, 11) is 0. The number of aryl methyl sites for hydroxylation is 2. The van der Waals surface area contributed by atoms with Crippen molar-refractivity contribution in [3.8, 4) is 5.75 Å². The Kier molecular flexibility index (Phi) is 4.83. The standard InChI is InChI=1S/C16H21NO4/c1-10-4-5-11(2)14(8-10)20-9-15(18)21-12(3)16(19)17-13-6-7-13/h4-5,8,12-13H,6-7,9H2,1-3H3,(H,17,19)/t12-/m1/s1. The van der Waals surface area contributed by atoms with Crippen molar-refractivity contribution in [2.75, 3.05) is 6.61 Å². The van der Waals surface area contributed by atoms with Crippen molar-refractivity contribution in [1.29, 1.82) is 0 Å². The summed E-state index contributed by atoms with van der Waals surface area (Å²) in [6.07, 6.45) is 1.21. The predicted octanol–water partition coefficient (Wildman–Crippen LogP) is 1.89. The zero-order chi connectivity index (χ0) is 15.4. The summed E-state index contributed by atoms with van der Waals surface area (Å²) >= 11 is 0. The van der Waals surface area contributed by atoms with Crippen molar-refractivity contribution < 1.29 is 19.1 Å². The lowest BCUT2D eigenvalue weighted by atomic mass is 10.1. The molecule has 1 atom stereocenters. The van der Waals surface area contributed by atoms with Gasteiger partial charge in [0.1, 0.15) is 5.75 Å². The second kappa shape index (κ2) is 6.61. The SMILES string of the molecule is Cc1ccc(C)c(OCC(=O)O[C@H](C)C(=O)NC2CC2)c1. The summed E-state index contributed by atoms with van der Waals surface area (Å²) in [5.41, 5.74) is 2.01. The zero-order valence-corrected chi connectivity index (χ0v) is 12.6. The number of rotatable bonds is 6. The Hall–Kier alpha value is -2.04. The molecule has 21 heavy (non-hydrogen) atoms. The molecule has 0 spiro atoms. The molecule has 1 aliphatic rings. The minimum Gasteiger partial charge on any atom is -0.482 e. The smallest absolute Gasteiger partial charge is 0.344 e. The van der Waals surface area contributed by atoms with E-state index in [1.54, 1.807) is 6.92 Å². The molecule has 2 rings (SSSR count). The van der Waals surface area contributed by atoms with Crippen LogP contribution in [0.2, 0.25) is 0 Å². The van der Waals surface area contributed by atoms with E-state index in [0.29, 0.717) is 5.75 Å². The number of amides is 1. The molecule has 0 aromatic heterocycles. The number of hydrogen-bond donors (Lipinski definition) is 1. The van der Waals surface area contributed by atoms with E-state index in [-0.39, 0.29) is 18.6 Å². The maximum Gasteiger partial charge on any atom is 0.344 e. The lowest BCUT2D eigenvalue weighted by molar-refractivity contribution is -0.156. The molecule has 0 heterocycles. The van der Waals surface area contributed by atoms with E-state index in [1.807, 2.05) is 32.0 Å². The van der Waals surface area contributed by atoms with Gasteiger partial charge in [-0.1, -0.05) is 12.1 Å². The second-order valence-corrected chi connectivity index (χ2v) is 5.47. The molecule has 1 aliphatic carbocycles. The summed E-state index contributed by atoms with van der Waals surface area (Å²) in [4.78, 5) is 23.4. The molecule has 114 valence electrons. The van der Waals surface area contributed by atoms with E-state index in [1.165, 1.54) is 0 Å². The van der Waals surface area contributed by atoms with Gasteiger partial charge in [-0.25, -0.2) is 4.79 Å². The van der Waals surface area contributed by atoms with E-state index in [2.05, 4.69) is 5.32 Å². The number of carbonyl (C=O) groups excluding carboxylic acids is 2. The molecule has 1 aromatic rings. The predicted molar refractivity (Wildman–Crippen MR) is 78.1 cm³/mol. The lowest BCUT2D eigenvalue weighted by Crippen LogP contribution is -2.37. The Morgan fingerprint density at radius 1 is 1.33 bits per heavy atom. The minimum absolute atomic E-state index is 0.203. The Bertz CT molecular complexity index is 537. The minimum atomic E-state index is -0.791. The van der Waals surface area contributed by atoms with Crippen LogP contribution in [0.5, 0.6) is 5.75 Å². The Balaban J connectivity index is 1.78. The van der Waals surface area contributed by atoms with Crippen LogP contribution < -0.4 is 10.1 Å². The van der Waals surface area contributed by atoms with Crippen LogP contribution in [0.15, 0.2) is 18.2 Å².